The van der Waals surface area contributed by atoms with E-state index in [9.17, 15) is 9.59 Å². The number of hydrogen-bond donors (Lipinski definition) is 1. The number of rotatable bonds is 1. The number of ketones is 1. The van der Waals surface area contributed by atoms with Crippen molar-refractivity contribution in [2.45, 2.75) is 20.0 Å². The molecule has 0 bridgehead atoms. The molecule has 1 N–H and O–H groups in total. The second-order valence-electron chi connectivity index (χ2n) is 3.61. The van der Waals surface area contributed by atoms with Crippen LogP contribution in [0.25, 0.3) is 0 Å². The summed E-state index contributed by atoms with van der Waals surface area (Å²) in [5.74, 6) is 0.285. The molecule has 0 spiro atoms. The van der Waals surface area contributed by atoms with E-state index in [0.29, 0.717) is 17.3 Å². The Balaban J connectivity index is 2.50. The van der Waals surface area contributed by atoms with Crippen molar-refractivity contribution in [2.75, 3.05) is 5.32 Å². The normalized spacial score (nSPS) is 19.1. The van der Waals surface area contributed by atoms with Crippen LogP contribution in [0, 0.1) is 0 Å². The van der Waals surface area contributed by atoms with E-state index in [1.807, 2.05) is 0 Å². The standard InChI is InChI=1S/C10H12N2O3/c1-5(13)8-4-7-10(12(8)3)15-6(2)9(14)11-7/h4,6H,1-3H3,(H,11,14). The zero-order valence-electron chi connectivity index (χ0n) is 8.83. The number of carbonyl (C=O) groups is 2. The Morgan fingerprint density at radius 2 is 2.27 bits per heavy atom. The van der Waals surface area contributed by atoms with E-state index in [2.05, 4.69) is 5.32 Å². The Morgan fingerprint density at radius 3 is 2.87 bits per heavy atom. The number of carbonyl (C=O) groups excluding carboxylic acids is 2. The molecule has 1 aromatic rings. The van der Waals surface area contributed by atoms with Crippen molar-refractivity contribution in [3.63, 3.8) is 0 Å². The highest BCUT2D eigenvalue weighted by Crippen LogP contribution is 2.32. The molecule has 0 aromatic carbocycles. The number of amides is 1. The molecule has 0 aliphatic carbocycles. The first-order chi connectivity index (χ1) is 7.00. The van der Waals surface area contributed by atoms with Gasteiger partial charge >= 0.3 is 0 Å². The van der Waals surface area contributed by atoms with Gasteiger partial charge in [0.2, 0.25) is 5.88 Å². The van der Waals surface area contributed by atoms with Crippen LogP contribution >= 0.6 is 0 Å². The summed E-state index contributed by atoms with van der Waals surface area (Å²) in [5, 5.41) is 2.69. The number of aromatic nitrogens is 1. The summed E-state index contributed by atoms with van der Waals surface area (Å²) < 4.78 is 7.05. The number of fused-ring (bicyclic) bond motifs is 1. The molecular formula is C10H12N2O3. The molecule has 0 fully saturated rings. The predicted octanol–water partition coefficient (Wildman–Crippen LogP) is 0.947. The fourth-order valence-corrected chi connectivity index (χ4v) is 1.61. The molecule has 0 radical (unpaired) electrons. The molecular weight excluding hydrogens is 196 g/mol. The highest BCUT2D eigenvalue weighted by atomic mass is 16.5. The van der Waals surface area contributed by atoms with Gasteiger partial charge in [-0.25, -0.2) is 0 Å². The van der Waals surface area contributed by atoms with Gasteiger partial charge in [-0.1, -0.05) is 0 Å². The quantitative estimate of drug-likeness (QED) is 0.699. The van der Waals surface area contributed by atoms with Crippen molar-refractivity contribution in [1.82, 2.24) is 4.57 Å². The Hall–Kier alpha value is -1.78. The maximum absolute atomic E-state index is 11.3. The smallest absolute Gasteiger partial charge is 0.265 e. The van der Waals surface area contributed by atoms with E-state index in [-0.39, 0.29) is 11.7 Å². The van der Waals surface area contributed by atoms with Gasteiger partial charge in [0.1, 0.15) is 5.69 Å². The Morgan fingerprint density at radius 1 is 1.60 bits per heavy atom. The van der Waals surface area contributed by atoms with Gasteiger partial charge < -0.3 is 14.6 Å². The van der Waals surface area contributed by atoms with Gasteiger partial charge in [-0.2, -0.15) is 0 Å². The van der Waals surface area contributed by atoms with E-state index >= 15 is 0 Å². The van der Waals surface area contributed by atoms with Gasteiger partial charge in [0.25, 0.3) is 5.91 Å². The summed E-state index contributed by atoms with van der Waals surface area (Å²) in [5.41, 5.74) is 1.08. The highest BCUT2D eigenvalue weighted by Gasteiger charge is 2.28. The average molecular weight is 208 g/mol. The zero-order chi connectivity index (χ0) is 11.2. The van der Waals surface area contributed by atoms with Gasteiger partial charge in [0.05, 0.1) is 5.69 Å². The van der Waals surface area contributed by atoms with Crippen molar-refractivity contribution in [2.24, 2.45) is 7.05 Å². The third-order valence-corrected chi connectivity index (χ3v) is 2.45. The summed E-state index contributed by atoms with van der Waals surface area (Å²) in [6, 6.07) is 1.63. The molecule has 1 unspecified atom stereocenters. The molecule has 0 saturated carbocycles. The monoisotopic (exact) mass is 208 g/mol. The molecule has 5 heteroatoms. The number of nitrogens with one attached hydrogen (secondary N) is 1. The average Bonchev–Trinajstić information content (AvgIpc) is 2.46. The number of anilines is 1. The molecule has 1 aliphatic rings. The Bertz CT molecular complexity index is 448. The number of nitrogens with zero attached hydrogens (tertiary/aromatic N) is 1. The van der Waals surface area contributed by atoms with Crippen LogP contribution < -0.4 is 10.1 Å². The van der Waals surface area contributed by atoms with E-state index in [1.165, 1.54) is 6.92 Å². The Kier molecular flexibility index (Phi) is 2.03. The first-order valence-corrected chi connectivity index (χ1v) is 4.69. The topological polar surface area (TPSA) is 60.3 Å². The van der Waals surface area contributed by atoms with Crippen LogP contribution in [0.3, 0.4) is 0 Å². The number of hydrogen-bond acceptors (Lipinski definition) is 3. The molecule has 1 amide bonds. The van der Waals surface area contributed by atoms with Crippen LogP contribution in [-0.2, 0) is 11.8 Å². The summed E-state index contributed by atoms with van der Waals surface area (Å²) in [6.07, 6.45) is -0.522. The number of ether oxygens (including phenoxy) is 1. The van der Waals surface area contributed by atoms with Crippen LogP contribution in [0.4, 0.5) is 5.69 Å². The number of Topliss-reactive ketones (excluding diaryl/α,β-unsaturated/α-hetero) is 1. The van der Waals surface area contributed by atoms with Crippen molar-refractivity contribution in [3.05, 3.63) is 11.8 Å². The van der Waals surface area contributed by atoms with Crippen LogP contribution in [0.2, 0.25) is 0 Å². The first kappa shape index (κ1) is 9.76. The van der Waals surface area contributed by atoms with Gasteiger partial charge in [-0.3, -0.25) is 9.59 Å². The van der Waals surface area contributed by atoms with Gasteiger partial charge in [0, 0.05) is 14.0 Å². The summed E-state index contributed by atoms with van der Waals surface area (Å²) in [6.45, 7) is 3.14. The van der Waals surface area contributed by atoms with Crippen molar-refractivity contribution < 1.29 is 14.3 Å². The minimum absolute atomic E-state index is 0.0580. The summed E-state index contributed by atoms with van der Waals surface area (Å²) in [7, 11) is 1.74. The van der Waals surface area contributed by atoms with Crippen molar-refractivity contribution in [3.8, 4) is 5.88 Å². The van der Waals surface area contributed by atoms with E-state index in [4.69, 9.17) is 4.74 Å². The molecule has 1 atom stereocenters. The lowest BCUT2D eigenvalue weighted by atomic mass is 10.3. The zero-order valence-corrected chi connectivity index (χ0v) is 8.83. The van der Waals surface area contributed by atoms with Gasteiger partial charge in [-0.15, -0.1) is 0 Å². The van der Waals surface area contributed by atoms with E-state index in [0.717, 1.165) is 0 Å². The van der Waals surface area contributed by atoms with Crippen LogP contribution in [0.15, 0.2) is 6.07 Å². The van der Waals surface area contributed by atoms with Gasteiger partial charge in [0.15, 0.2) is 11.9 Å². The molecule has 5 nitrogen and oxygen atoms in total. The van der Waals surface area contributed by atoms with E-state index < -0.39 is 6.10 Å². The molecule has 2 heterocycles. The summed E-state index contributed by atoms with van der Waals surface area (Å²) >= 11 is 0. The lowest BCUT2D eigenvalue weighted by Crippen LogP contribution is -2.34. The lowest BCUT2D eigenvalue weighted by molar-refractivity contribution is -0.122. The Labute approximate surface area is 87.0 Å². The SMILES string of the molecule is CC(=O)c1cc2c(n1C)OC(C)C(=O)N2. The largest absolute Gasteiger partial charge is 0.464 e. The van der Waals surface area contributed by atoms with Gasteiger partial charge in [-0.05, 0) is 13.0 Å². The van der Waals surface area contributed by atoms with Crippen LogP contribution in [0.5, 0.6) is 5.88 Å². The molecule has 1 aromatic heterocycles. The van der Waals surface area contributed by atoms with Crippen LogP contribution in [-0.4, -0.2) is 22.4 Å². The maximum atomic E-state index is 11.3. The minimum Gasteiger partial charge on any atom is -0.464 e. The highest BCUT2D eigenvalue weighted by molar-refractivity contribution is 6.00. The summed E-state index contributed by atoms with van der Waals surface area (Å²) in [4.78, 5) is 22.6. The predicted molar refractivity (Wildman–Crippen MR) is 54.1 cm³/mol. The molecule has 2 rings (SSSR count). The third kappa shape index (κ3) is 1.40. The second-order valence-corrected chi connectivity index (χ2v) is 3.61. The fraction of sp³-hybridized carbons (Fsp3) is 0.400. The van der Waals surface area contributed by atoms with E-state index in [1.54, 1.807) is 24.6 Å². The maximum Gasteiger partial charge on any atom is 0.265 e. The molecule has 0 saturated heterocycles. The molecule has 15 heavy (non-hydrogen) atoms. The molecule has 80 valence electrons. The first-order valence-electron chi connectivity index (χ1n) is 4.69. The second kappa shape index (κ2) is 3.12. The lowest BCUT2D eigenvalue weighted by Gasteiger charge is -2.21. The third-order valence-electron chi connectivity index (χ3n) is 2.45. The molecule has 1 aliphatic heterocycles. The van der Waals surface area contributed by atoms with Crippen LogP contribution in [0.1, 0.15) is 24.3 Å². The van der Waals surface area contributed by atoms with Crippen molar-refractivity contribution in [1.29, 1.82) is 0 Å². The van der Waals surface area contributed by atoms with Crippen molar-refractivity contribution >= 4 is 17.4 Å². The fourth-order valence-electron chi connectivity index (χ4n) is 1.61. The minimum atomic E-state index is -0.522.